The Balaban J connectivity index is 1.79. The predicted octanol–water partition coefficient (Wildman–Crippen LogP) is 2.05. The first-order valence-corrected chi connectivity index (χ1v) is 10.7. The second-order valence-corrected chi connectivity index (χ2v) is 9.13. The minimum Gasteiger partial charge on any atom is -0.338 e. The Bertz CT molecular complexity index is 881. The van der Waals surface area contributed by atoms with Crippen LogP contribution >= 0.6 is 0 Å². The smallest absolute Gasteiger partial charge is 0.253 e. The molecule has 0 bridgehead atoms. The average Bonchev–Trinajstić information content (AvgIpc) is 3.05. The highest BCUT2D eigenvalue weighted by molar-refractivity contribution is 7.89. The molecule has 1 heterocycles. The maximum absolute atomic E-state index is 12.9. The molecule has 26 heavy (non-hydrogen) atoms. The molecule has 1 aliphatic rings. The molecule has 3 rings (SSSR count). The fourth-order valence-corrected chi connectivity index (χ4v) is 4.42. The predicted molar refractivity (Wildman–Crippen MR) is 103 cm³/mol. The molecular weight excluding hydrogens is 348 g/mol. The molecule has 138 valence electrons. The van der Waals surface area contributed by atoms with E-state index in [2.05, 4.69) is 12.1 Å². The van der Waals surface area contributed by atoms with E-state index in [1.54, 1.807) is 24.3 Å². The average molecular weight is 372 g/mol. The zero-order valence-electron chi connectivity index (χ0n) is 14.8. The van der Waals surface area contributed by atoms with Gasteiger partial charge in [-0.15, -0.1) is 0 Å². The minimum absolute atomic E-state index is 0.0633. The van der Waals surface area contributed by atoms with E-state index < -0.39 is 9.84 Å². The van der Waals surface area contributed by atoms with Crippen molar-refractivity contribution in [2.75, 3.05) is 25.9 Å². The lowest BCUT2D eigenvalue weighted by atomic mass is 9.89. The van der Waals surface area contributed by atoms with Crippen molar-refractivity contribution in [1.29, 1.82) is 0 Å². The SMILES string of the molecule is CS(=O)(=O)Cc1cccc(C(=O)N2C[C@@H](CN)[C@H](c3ccccc3)C2)c1. The molecule has 0 saturated carbocycles. The van der Waals surface area contributed by atoms with Gasteiger partial charge in [-0.05, 0) is 35.7 Å². The molecule has 0 aromatic heterocycles. The molecule has 0 spiro atoms. The number of carbonyl (C=O) groups is 1. The van der Waals surface area contributed by atoms with E-state index in [9.17, 15) is 13.2 Å². The molecule has 2 N–H and O–H groups in total. The quantitative estimate of drug-likeness (QED) is 0.871. The van der Waals surface area contributed by atoms with Gasteiger partial charge in [0.25, 0.3) is 5.91 Å². The summed E-state index contributed by atoms with van der Waals surface area (Å²) in [5.74, 6) is 0.314. The van der Waals surface area contributed by atoms with Gasteiger partial charge in [-0.25, -0.2) is 8.42 Å². The van der Waals surface area contributed by atoms with Crippen LogP contribution in [-0.4, -0.2) is 45.1 Å². The summed E-state index contributed by atoms with van der Waals surface area (Å²) in [6.45, 7) is 1.77. The third-order valence-corrected chi connectivity index (χ3v) is 5.72. The van der Waals surface area contributed by atoms with E-state index in [1.807, 2.05) is 23.1 Å². The van der Waals surface area contributed by atoms with Gasteiger partial charge >= 0.3 is 0 Å². The van der Waals surface area contributed by atoms with Gasteiger partial charge in [0.2, 0.25) is 0 Å². The van der Waals surface area contributed by atoms with E-state index in [1.165, 1.54) is 11.8 Å². The molecular formula is C20H24N2O3S. The number of rotatable bonds is 5. The highest BCUT2D eigenvalue weighted by atomic mass is 32.2. The summed E-state index contributed by atoms with van der Waals surface area (Å²) in [4.78, 5) is 14.8. The normalized spacial score (nSPS) is 20.3. The van der Waals surface area contributed by atoms with Gasteiger partial charge in [-0.1, -0.05) is 42.5 Å². The van der Waals surface area contributed by atoms with Gasteiger partial charge in [0.1, 0.15) is 0 Å². The number of benzene rings is 2. The fourth-order valence-electron chi connectivity index (χ4n) is 3.63. The van der Waals surface area contributed by atoms with Gasteiger partial charge in [0, 0.05) is 30.8 Å². The highest BCUT2D eigenvalue weighted by Crippen LogP contribution is 2.32. The zero-order chi connectivity index (χ0) is 18.7. The number of carbonyl (C=O) groups excluding carboxylic acids is 1. The molecule has 2 aromatic carbocycles. The Labute approximate surface area is 154 Å². The monoisotopic (exact) mass is 372 g/mol. The van der Waals surface area contributed by atoms with E-state index >= 15 is 0 Å². The summed E-state index contributed by atoms with van der Waals surface area (Å²) >= 11 is 0. The van der Waals surface area contributed by atoms with E-state index in [0.717, 1.165) is 0 Å². The Morgan fingerprint density at radius 1 is 1.12 bits per heavy atom. The Morgan fingerprint density at radius 2 is 1.85 bits per heavy atom. The van der Waals surface area contributed by atoms with Crippen LogP contribution in [-0.2, 0) is 15.6 Å². The largest absolute Gasteiger partial charge is 0.338 e. The Hall–Kier alpha value is -2.18. The first kappa shape index (κ1) is 18.6. The Kier molecular flexibility index (Phi) is 5.44. The van der Waals surface area contributed by atoms with Crippen molar-refractivity contribution in [2.45, 2.75) is 11.7 Å². The standard InChI is InChI=1S/C20H24N2O3S/c1-26(24,25)14-15-6-5-9-17(10-15)20(23)22-12-18(11-21)19(13-22)16-7-3-2-4-8-16/h2-10,18-19H,11-14,21H2,1H3/t18-,19+/m1/s1. The molecule has 1 fully saturated rings. The number of amides is 1. The van der Waals surface area contributed by atoms with Crippen molar-refractivity contribution in [1.82, 2.24) is 4.90 Å². The van der Waals surface area contributed by atoms with Crippen LogP contribution in [0.5, 0.6) is 0 Å². The first-order chi connectivity index (χ1) is 12.4. The van der Waals surface area contributed by atoms with Crippen LogP contribution in [0.2, 0.25) is 0 Å². The lowest BCUT2D eigenvalue weighted by molar-refractivity contribution is 0.0786. The third kappa shape index (κ3) is 4.31. The number of hydrogen-bond donors (Lipinski definition) is 1. The summed E-state index contributed by atoms with van der Waals surface area (Å²) < 4.78 is 23.0. The van der Waals surface area contributed by atoms with E-state index in [-0.39, 0.29) is 23.5 Å². The van der Waals surface area contributed by atoms with Crippen LogP contribution < -0.4 is 5.73 Å². The van der Waals surface area contributed by atoms with Gasteiger partial charge in [-0.2, -0.15) is 0 Å². The van der Waals surface area contributed by atoms with Crippen molar-refractivity contribution in [2.24, 2.45) is 11.7 Å². The molecule has 0 aliphatic carbocycles. The molecule has 5 nitrogen and oxygen atoms in total. The number of hydrogen-bond acceptors (Lipinski definition) is 4. The van der Waals surface area contributed by atoms with Crippen LogP contribution in [0.1, 0.15) is 27.4 Å². The molecule has 2 atom stereocenters. The molecule has 1 aliphatic heterocycles. The highest BCUT2D eigenvalue weighted by Gasteiger charge is 2.35. The number of sulfone groups is 1. The summed E-state index contributed by atoms with van der Waals surface area (Å²) in [6, 6.07) is 17.0. The second-order valence-electron chi connectivity index (χ2n) is 6.99. The van der Waals surface area contributed by atoms with Gasteiger partial charge in [0.05, 0.1) is 5.75 Å². The van der Waals surface area contributed by atoms with Crippen molar-refractivity contribution in [3.8, 4) is 0 Å². The summed E-state index contributed by atoms with van der Waals surface area (Å²) in [6.07, 6.45) is 1.19. The second kappa shape index (κ2) is 7.60. The van der Waals surface area contributed by atoms with Crippen LogP contribution in [0.15, 0.2) is 54.6 Å². The maximum Gasteiger partial charge on any atom is 0.253 e. The molecule has 2 aromatic rings. The number of nitrogens with zero attached hydrogens (tertiary/aromatic N) is 1. The summed E-state index contributed by atoms with van der Waals surface area (Å²) in [5.41, 5.74) is 8.31. The topological polar surface area (TPSA) is 80.5 Å². The van der Waals surface area contributed by atoms with Crippen molar-refractivity contribution < 1.29 is 13.2 Å². The first-order valence-electron chi connectivity index (χ1n) is 8.68. The summed E-state index contributed by atoms with van der Waals surface area (Å²) in [5, 5.41) is 0. The number of nitrogens with two attached hydrogens (primary N) is 1. The van der Waals surface area contributed by atoms with Crippen molar-refractivity contribution in [3.63, 3.8) is 0 Å². The molecule has 0 unspecified atom stereocenters. The molecule has 1 amide bonds. The van der Waals surface area contributed by atoms with Gasteiger partial charge < -0.3 is 10.6 Å². The van der Waals surface area contributed by atoms with Crippen LogP contribution in [0.3, 0.4) is 0 Å². The van der Waals surface area contributed by atoms with Crippen molar-refractivity contribution >= 4 is 15.7 Å². The van der Waals surface area contributed by atoms with Gasteiger partial charge in [-0.3, -0.25) is 4.79 Å². The molecule has 1 saturated heterocycles. The summed E-state index contributed by atoms with van der Waals surface area (Å²) in [7, 11) is -3.14. The Morgan fingerprint density at radius 3 is 2.50 bits per heavy atom. The minimum atomic E-state index is -3.14. The van der Waals surface area contributed by atoms with Crippen LogP contribution in [0, 0.1) is 5.92 Å². The fraction of sp³-hybridized carbons (Fsp3) is 0.350. The van der Waals surface area contributed by atoms with E-state index in [4.69, 9.17) is 5.73 Å². The number of likely N-dealkylation sites (tertiary alicyclic amines) is 1. The molecule has 6 heteroatoms. The van der Waals surface area contributed by atoms with Crippen LogP contribution in [0.25, 0.3) is 0 Å². The zero-order valence-corrected chi connectivity index (χ0v) is 15.7. The van der Waals surface area contributed by atoms with Crippen molar-refractivity contribution in [3.05, 3.63) is 71.3 Å². The van der Waals surface area contributed by atoms with Crippen LogP contribution in [0.4, 0.5) is 0 Å². The molecule has 0 radical (unpaired) electrons. The lowest BCUT2D eigenvalue weighted by Crippen LogP contribution is -2.29. The lowest BCUT2D eigenvalue weighted by Gasteiger charge is -2.17. The maximum atomic E-state index is 12.9. The van der Waals surface area contributed by atoms with E-state index in [0.29, 0.717) is 30.8 Å². The van der Waals surface area contributed by atoms with Gasteiger partial charge in [0.15, 0.2) is 9.84 Å². The third-order valence-electron chi connectivity index (χ3n) is 4.86.